The van der Waals surface area contributed by atoms with Crippen LogP contribution in [0.3, 0.4) is 0 Å². The minimum Gasteiger partial charge on any atom is -0.356 e. The zero-order valence-corrected chi connectivity index (χ0v) is 9.75. The minimum absolute atomic E-state index is 0.427. The highest BCUT2D eigenvalue weighted by molar-refractivity contribution is 14.1. The van der Waals surface area contributed by atoms with E-state index in [0.29, 0.717) is 6.79 Å². The van der Waals surface area contributed by atoms with E-state index in [1.54, 1.807) is 0 Å². The molecule has 0 fully saturated rings. The van der Waals surface area contributed by atoms with Crippen LogP contribution in [0.5, 0.6) is 0 Å². The summed E-state index contributed by atoms with van der Waals surface area (Å²) in [6, 6.07) is 0. The Kier molecular flexibility index (Phi) is 11.8. The number of hydrogen-bond donors (Lipinski definition) is 0. The molecule has 0 saturated carbocycles. The summed E-state index contributed by atoms with van der Waals surface area (Å²) in [6.07, 6.45) is 6.50. The minimum atomic E-state index is 0.427. The Morgan fingerprint density at radius 2 is 1.92 bits per heavy atom. The largest absolute Gasteiger partial charge is 0.356 e. The van der Waals surface area contributed by atoms with Gasteiger partial charge in [-0.2, -0.15) is 0 Å². The summed E-state index contributed by atoms with van der Waals surface area (Å²) >= 11 is 2.36. The Morgan fingerprint density at radius 3 is 2.58 bits per heavy atom. The van der Waals surface area contributed by atoms with Gasteiger partial charge in [0.25, 0.3) is 0 Å². The molecule has 0 aliphatic rings. The Labute approximate surface area is 88.5 Å². The lowest BCUT2D eigenvalue weighted by Gasteiger charge is -2.00. The highest BCUT2D eigenvalue weighted by Gasteiger charge is 1.83. The fraction of sp³-hybridized carbons (Fsp3) is 0.778. The van der Waals surface area contributed by atoms with Crippen LogP contribution in [0.1, 0.15) is 19.8 Å². The molecule has 0 heterocycles. The second-order valence-electron chi connectivity index (χ2n) is 2.26. The fourth-order valence-corrected chi connectivity index (χ4v) is 1.01. The molecule has 0 aliphatic heterocycles. The van der Waals surface area contributed by atoms with Crippen molar-refractivity contribution in [2.75, 3.05) is 24.4 Å². The first kappa shape index (κ1) is 12.4. The first-order valence-corrected chi connectivity index (χ1v) is 5.80. The highest BCUT2D eigenvalue weighted by atomic mass is 127. The van der Waals surface area contributed by atoms with Crippen LogP contribution in [0.4, 0.5) is 0 Å². The van der Waals surface area contributed by atoms with Gasteiger partial charge < -0.3 is 9.47 Å². The summed E-state index contributed by atoms with van der Waals surface area (Å²) in [6.45, 7) is 3.88. The Balaban J connectivity index is 2.90. The summed E-state index contributed by atoms with van der Waals surface area (Å²) in [5.74, 6) is 0. The van der Waals surface area contributed by atoms with Crippen molar-refractivity contribution in [2.45, 2.75) is 19.8 Å². The van der Waals surface area contributed by atoms with Crippen LogP contribution >= 0.6 is 22.6 Å². The van der Waals surface area contributed by atoms with Crippen molar-refractivity contribution in [1.29, 1.82) is 0 Å². The van der Waals surface area contributed by atoms with Gasteiger partial charge in [0.2, 0.25) is 0 Å². The normalized spacial score (nSPS) is 11.2. The van der Waals surface area contributed by atoms with Gasteiger partial charge in [-0.25, -0.2) is 0 Å². The fourth-order valence-electron chi connectivity index (χ4n) is 0.651. The van der Waals surface area contributed by atoms with E-state index in [-0.39, 0.29) is 0 Å². The van der Waals surface area contributed by atoms with Crippen LogP contribution in [-0.2, 0) is 9.47 Å². The maximum atomic E-state index is 5.18. The van der Waals surface area contributed by atoms with Crippen molar-refractivity contribution in [3.05, 3.63) is 12.2 Å². The van der Waals surface area contributed by atoms with Crippen molar-refractivity contribution in [3.63, 3.8) is 0 Å². The average molecular weight is 284 g/mol. The number of rotatable bonds is 8. The van der Waals surface area contributed by atoms with Crippen molar-refractivity contribution >= 4 is 22.6 Å². The quantitative estimate of drug-likeness (QED) is 0.224. The number of ether oxygens (including phenoxy) is 2. The Morgan fingerprint density at radius 1 is 1.17 bits per heavy atom. The second-order valence-corrected chi connectivity index (χ2v) is 3.34. The second kappa shape index (κ2) is 11.4. The van der Waals surface area contributed by atoms with Crippen LogP contribution in [0.15, 0.2) is 12.2 Å². The van der Waals surface area contributed by atoms with Crippen LogP contribution in [-0.4, -0.2) is 24.4 Å². The Hall–Kier alpha value is 0.390. The monoisotopic (exact) mass is 284 g/mol. The molecule has 0 aromatic heterocycles. The molecule has 0 N–H and O–H groups in total. The predicted octanol–water partition coefficient (Wildman–Crippen LogP) is 2.77. The van der Waals surface area contributed by atoms with Gasteiger partial charge in [0.1, 0.15) is 6.79 Å². The van der Waals surface area contributed by atoms with Crippen molar-refractivity contribution in [3.8, 4) is 0 Å². The van der Waals surface area contributed by atoms with E-state index in [4.69, 9.17) is 9.47 Å². The molecular weight excluding hydrogens is 267 g/mol. The topological polar surface area (TPSA) is 18.5 Å². The third kappa shape index (κ3) is 10.4. The first-order chi connectivity index (χ1) is 5.91. The van der Waals surface area contributed by atoms with E-state index in [2.05, 4.69) is 34.7 Å². The van der Waals surface area contributed by atoms with Gasteiger partial charge in [-0.1, -0.05) is 34.7 Å². The molecule has 0 aromatic carbocycles. The van der Waals surface area contributed by atoms with Crippen LogP contribution in [0, 0.1) is 0 Å². The molecule has 0 aliphatic carbocycles. The number of allylic oxidation sites excluding steroid dienone is 1. The maximum absolute atomic E-state index is 5.18. The molecule has 0 bridgehead atoms. The van der Waals surface area contributed by atoms with Crippen LogP contribution in [0.2, 0.25) is 0 Å². The molecule has 72 valence electrons. The zero-order chi connectivity index (χ0) is 9.07. The van der Waals surface area contributed by atoms with E-state index < -0.39 is 0 Å². The summed E-state index contributed by atoms with van der Waals surface area (Å²) in [7, 11) is 0. The lowest BCUT2D eigenvalue weighted by molar-refractivity contribution is -0.0476. The maximum Gasteiger partial charge on any atom is 0.146 e. The van der Waals surface area contributed by atoms with Crippen molar-refractivity contribution in [2.24, 2.45) is 0 Å². The average Bonchev–Trinajstić information content (AvgIpc) is 2.10. The molecule has 0 rings (SSSR count). The highest BCUT2D eigenvalue weighted by Crippen LogP contribution is 1.92. The number of halogens is 1. The smallest absolute Gasteiger partial charge is 0.146 e. The first-order valence-electron chi connectivity index (χ1n) is 4.28. The summed E-state index contributed by atoms with van der Waals surface area (Å²) in [4.78, 5) is 0. The van der Waals surface area contributed by atoms with E-state index in [0.717, 1.165) is 26.1 Å². The van der Waals surface area contributed by atoms with Crippen LogP contribution in [0.25, 0.3) is 0 Å². The number of hydrogen-bond acceptors (Lipinski definition) is 2. The molecule has 12 heavy (non-hydrogen) atoms. The molecule has 0 spiro atoms. The third-order valence-electron chi connectivity index (χ3n) is 1.24. The molecular formula is C9H17IO2. The number of alkyl halides is 1. The summed E-state index contributed by atoms with van der Waals surface area (Å²) in [5, 5.41) is 0. The molecule has 3 heteroatoms. The molecule has 0 aromatic rings. The third-order valence-corrected chi connectivity index (χ3v) is 1.86. The zero-order valence-electron chi connectivity index (χ0n) is 7.59. The van der Waals surface area contributed by atoms with Crippen LogP contribution < -0.4 is 0 Å². The van der Waals surface area contributed by atoms with Gasteiger partial charge in [-0.15, -0.1) is 0 Å². The standard InChI is InChI=1S/C9H17IO2/c1-2-11-9-12-8-6-4-3-5-7-10/h3-4H,2,5-9H2,1H3/b4-3-. The summed E-state index contributed by atoms with van der Waals surface area (Å²) in [5.41, 5.74) is 0. The van der Waals surface area contributed by atoms with E-state index in [1.807, 2.05) is 6.92 Å². The predicted molar refractivity (Wildman–Crippen MR) is 59.7 cm³/mol. The van der Waals surface area contributed by atoms with Gasteiger partial charge in [-0.3, -0.25) is 0 Å². The molecule has 0 atom stereocenters. The lowest BCUT2D eigenvalue weighted by Crippen LogP contribution is -1.99. The van der Waals surface area contributed by atoms with E-state index in [1.165, 1.54) is 4.43 Å². The van der Waals surface area contributed by atoms with Gasteiger partial charge in [-0.05, 0) is 19.8 Å². The molecule has 0 radical (unpaired) electrons. The molecule has 2 nitrogen and oxygen atoms in total. The lowest BCUT2D eigenvalue weighted by atomic mass is 10.3. The van der Waals surface area contributed by atoms with Gasteiger partial charge in [0.15, 0.2) is 0 Å². The van der Waals surface area contributed by atoms with Crippen molar-refractivity contribution < 1.29 is 9.47 Å². The van der Waals surface area contributed by atoms with E-state index >= 15 is 0 Å². The molecule has 0 saturated heterocycles. The summed E-state index contributed by atoms with van der Waals surface area (Å²) < 4.78 is 11.4. The van der Waals surface area contributed by atoms with E-state index in [9.17, 15) is 0 Å². The SMILES string of the molecule is CCOCOCC/C=C\CCI. The van der Waals surface area contributed by atoms with Gasteiger partial charge >= 0.3 is 0 Å². The molecule has 0 amide bonds. The Bertz CT molecular complexity index is 105. The molecule has 0 unspecified atom stereocenters. The van der Waals surface area contributed by atoms with Gasteiger partial charge in [0.05, 0.1) is 6.61 Å². The van der Waals surface area contributed by atoms with Gasteiger partial charge in [0, 0.05) is 11.0 Å². The van der Waals surface area contributed by atoms with Crippen molar-refractivity contribution in [1.82, 2.24) is 0 Å².